The normalized spacial score (nSPS) is 14.2. The van der Waals surface area contributed by atoms with E-state index in [4.69, 9.17) is 4.74 Å². The molecule has 0 radical (unpaired) electrons. The minimum atomic E-state index is -0.453. The molecule has 2 aromatic carbocycles. The summed E-state index contributed by atoms with van der Waals surface area (Å²) in [7, 11) is 1.73. The molecule has 1 fully saturated rings. The maximum absolute atomic E-state index is 12.3. The van der Waals surface area contributed by atoms with Gasteiger partial charge in [0.1, 0.15) is 0 Å². The molecule has 3 rings (SSSR count). The summed E-state index contributed by atoms with van der Waals surface area (Å²) >= 11 is 0. The number of nitrogens with zero attached hydrogens (tertiary/aromatic N) is 3. The molecule has 1 heterocycles. The van der Waals surface area contributed by atoms with Gasteiger partial charge in [0.15, 0.2) is 0 Å². The molecule has 0 saturated carbocycles. The average Bonchev–Trinajstić information content (AvgIpc) is 2.73. The molecule has 146 valence electrons. The Kier molecular flexibility index (Phi) is 6.39. The summed E-state index contributed by atoms with van der Waals surface area (Å²) in [5.41, 5.74) is 2.82. The summed E-state index contributed by atoms with van der Waals surface area (Å²) in [6, 6.07) is 14.4. The lowest BCUT2D eigenvalue weighted by Gasteiger charge is -2.29. The lowest BCUT2D eigenvalue weighted by Crippen LogP contribution is -2.36. The highest BCUT2D eigenvalue weighted by Gasteiger charge is 2.12. The predicted molar refractivity (Wildman–Crippen MR) is 108 cm³/mol. The topological polar surface area (TPSA) is 75.9 Å². The van der Waals surface area contributed by atoms with Gasteiger partial charge in [0.05, 0.1) is 18.1 Å². The number of ether oxygens (including phenoxy) is 1. The molecule has 7 heteroatoms. The second-order valence-electron chi connectivity index (χ2n) is 6.65. The fourth-order valence-corrected chi connectivity index (χ4v) is 3.02. The number of amides is 1. The number of nitro benzene ring substituents is 1. The van der Waals surface area contributed by atoms with E-state index in [1.165, 1.54) is 18.2 Å². The van der Waals surface area contributed by atoms with Crippen LogP contribution in [0.2, 0.25) is 0 Å². The number of hydrogen-bond acceptors (Lipinski definition) is 5. The number of rotatable bonds is 6. The number of nitro groups is 1. The molecule has 1 aliphatic heterocycles. The standard InChI is InChI=1S/C21H23N3O4/c1-22(21(25)10-7-17-3-2-4-20(15-17)24(26)27)16-18-5-8-19(9-6-18)23-11-13-28-14-12-23/h2-10,15H,11-14,16H2,1H3. The van der Waals surface area contributed by atoms with Crippen LogP contribution in [0, 0.1) is 10.1 Å². The lowest BCUT2D eigenvalue weighted by molar-refractivity contribution is -0.384. The first-order valence-electron chi connectivity index (χ1n) is 9.12. The van der Waals surface area contributed by atoms with Crippen molar-refractivity contribution in [2.75, 3.05) is 38.3 Å². The minimum absolute atomic E-state index is 0.00307. The van der Waals surface area contributed by atoms with Crippen LogP contribution in [0.4, 0.5) is 11.4 Å². The van der Waals surface area contributed by atoms with Crippen LogP contribution in [0.1, 0.15) is 11.1 Å². The number of anilines is 1. The van der Waals surface area contributed by atoms with Crippen molar-refractivity contribution in [3.05, 3.63) is 75.8 Å². The Labute approximate surface area is 164 Å². The monoisotopic (exact) mass is 381 g/mol. The van der Waals surface area contributed by atoms with Crippen LogP contribution in [-0.4, -0.2) is 49.1 Å². The van der Waals surface area contributed by atoms with Gasteiger partial charge in [0.2, 0.25) is 5.91 Å². The van der Waals surface area contributed by atoms with E-state index in [9.17, 15) is 14.9 Å². The Morgan fingerprint density at radius 3 is 2.61 bits per heavy atom. The molecule has 0 unspecified atom stereocenters. The second-order valence-corrected chi connectivity index (χ2v) is 6.65. The third kappa shape index (κ3) is 5.17. The zero-order chi connectivity index (χ0) is 19.9. The van der Waals surface area contributed by atoms with Crippen molar-refractivity contribution in [2.45, 2.75) is 6.54 Å². The molecule has 1 aliphatic rings. The molecular formula is C21H23N3O4. The number of carbonyl (C=O) groups is 1. The van der Waals surface area contributed by atoms with E-state index >= 15 is 0 Å². The molecular weight excluding hydrogens is 358 g/mol. The summed E-state index contributed by atoms with van der Waals surface area (Å²) in [6.45, 7) is 3.76. The first-order valence-corrected chi connectivity index (χ1v) is 9.12. The SMILES string of the molecule is CN(Cc1ccc(N2CCOCC2)cc1)C(=O)C=Cc1cccc([N+](=O)[O-])c1. The molecule has 0 spiro atoms. The van der Waals surface area contributed by atoms with Crippen LogP contribution in [-0.2, 0) is 16.1 Å². The van der Waals surface area contributed by atoms with Crippen molar-refractivity contribution >= 4 is 23.4 Å². The van der Waals surface area contributed by atoms with Crippen molar-refractivity contribution in [2.24, 2.45) is 0 Å². The molecule has 7 nitrogen and oxygen atoms in total. The summed E-state index contributed by atoms with van der Waals surface area (Å²) in [5, 5.41) is 10.8. The van der Waals surface area contributed by atoms with Crippen molar-refractivity contribution < 1.29 is 14.5 Å². The quantitative estimate of drug-likeness (QED) is 0.437. The number of morpholine rings is 1. The fraction of sp³-hybridized carbons (Fsp3) is 0.286. The van der Waals surface area contributed by atoms with Gasteiger partial charge in [-0.05, 0) is 29.3 Å². The molecule has 0 aliphatic carbocycles. The van der Waals surface area contributed by atoms with Crippen LogP contribution >= 0.6 is 0 Å². The van der Waals surface area contributed by atoms with Crippen LogP contribution < -0.4 is 4.90 Å². The Morgan fingerprint density at radius 1 is 1.21 bits per heavy atom. The molecule has 1 amide bonds. The minimum Gasteiger partial charge on any atom is -0.378 e. The average molecular weight is 381 g/mol. The smallest absolute Gasteiger partial charge is 0.270 e. The molecule has 0 bridgehead atoms. The van der Waals surface area contributed by atoms with Crippen molar-refractivity contribution in [3.8, 4) is 0 Å². The highest BCUT2D eigenvalue weighted by atomic mass is 16.6. The Hall–Kier alpha value is -3.19. The van der Waals surface area contributed by atoms with E-state index in [0.717, 1.165) is 37.6 Å². The van der Waals surface area contributed by atoms with Gasteiger partial charge in [-0.3, -0.25) is 14.9 Å². The largest absolute Gasteiger partial charge is 0.378 e. The third-order valence-electron chi connectivity index (χ3n) is 4.61. The van der Waals surface area contributed by atoms with E-state index in [-0.39, 0.29) is 11.6 Å². The Bertz CT molecular complexity index is 858. The summed E-state index contributed by atoms with van der Waals surface area (Å²) in [6.07, 6.45) is 3.02. The second kappa shape index (κ2) is 9.14. The van der Waals surface area contributed by atoms with Crippen LogP contribution in [0.15, 0.2) is 54.6 Å². The van der Waals surface area contributed by atoms with E-state index < -0.39 is 4.92 Å². The molecule has 28 heavy (non-hydrogen) atoms. The Balaban J connectivity index is 1.57. The summed E-state index contributed by atoms with van der Waals surface area (Å²) in [4.78, 5) is 26.6. The predicted octanol–water partition coefficient (Wildman–Crippen LogP) is 3.10. The highest BCUT2D eigenvalue weighted by molar-refractivity contribution is 5.91. The van der Waals surface area contributed by atoms with Crippen molar-refractivity contribution in [3.63, 3.8) is 0 Å². The van der Waals surface area contributed by atoms with Gasteiger partial charge < -0.3 is 14.5 Å². The number of benzene rings is 2. The van der Waals surface area contributed by atoms with Gasteiger partial charge in [-0.2, -0.15) is 0 Å². The van der Waals surface area contributed by atoms with Gasteiger partial charge in [0.25, 0.3) is 5.69 Å². The molecule has 0 atom stereocenters. The number of carbonyl (C=O) groups excluding carboxylic acids is 1. The van der Waals surface area contributed by atoms with Gasteiger partial charge in [-0.15, -0.1) is 0 Å². The first kappa shape index (κ1) is 19.6. The van der Waals surface area contributed by atoms with Gasteiger partial charge in [0, 0.05) is 50.6 Å². The molecule has 2 aromatic rings. The van der Waals surface area contributed by atoms with E-state index in [1.807, 2.05) is 12.1 Å². The highest BCUT2D eigenvalue weighted by Crippen LogP contribution is 2.18. The fourth-order valence-electron chi connectivity index (χ4n) is 3.02. The summed E-state index contributed by atoms with van der Waals surface area (Å²) < 4.78 is 5.37. The van der Waals surface area contributed by atoms with Crippen molar-refractivity contribution in [1.82, 2.24) is 4.90 Å². The lowest BCUT2D eigenvalue weighted by atomic mass is 10.1. The third-order valence-corrected chi connectivity index (χ3v) is 4.61. The zero-order valence-corrected chi connectivity index (χ0v) is 15.8. The van der Waals surface area contributed by atoms with Crippen LogP contribution in [0.5, 0.6) is 0 Å². The first-order chi connectivity index (χ1) is 13.5. The van der Waals surface area contributed by atoms with E-state index in [1.54, 1.807) is 30.2 Å². The maximum Gasteiger partial charge on any atom is 0.270 e. The maximum atomic E-state index is 12.3. The molecule has 1 saturated heterocycles. The Morgan fingerprint density at radius 2 is 1.93 bits per heavy atom. The number of hydrogen-bond donors (Lipinski definition) is 0. The van der Waals surface area contributed by atoms with E-state index in [2.05, 4.69) is 17.0 Å². The number of likely N-dealkylation sites (N-methyl/N-ethyl adjacent to an activating group) is 1. The molecule has 0 aromatic heterocycles. The van der Waals surface area contributed by atoms with Gasteiger partial charge >= 0.3 is 0 Å². The van der Waals surface area contributed by atoms with E-state index in [0.29, 0.717) is 12.1 Å². The van der Waals surface area contributed by atoms with Crippen LogP contribution in [0.25, 0.3) is 6.08 Å². The van der Waals surface area contributed by atoms with Gasteiger partial charge in [-0.1, -0.05) is 24.3 Å². The summed E-state index contributed by atoms with van der Waals surface area (Å²) in [5.74, 6) is -0.163. The van der Waals surface area contributed by atoms with Crippen molar-refractivity contribution in [1.29, 1.82) is 0 Å². The zero-order valence-electron chi connectivity index (χ0n) is 15.8. The molecule has 0 N–H and O–H groups in total. The number of non-ortho nitro benzene ring substituents is 1. The van der Waals surface area contributed by atoms with Gasteiger partial charge in [-0.25, -0.2) is 0 Å². The van der Waals surface area contributed by atoms with Crippen LogP contribution in [0.3, 0.4) is 0 Å².